The fourth-order valence-electron chi connectivity index (χ4n) is 1.33. The molecule has 2 heterocycles. The summed E-state index contributed by atoms with van der Waals surface area (Å²) in [5.74, 6) is 0.225. The number of rotatable bonds is 3. The largest absolute Gasteiger partial charge is 0.496 e. The summed E-state index contributed by atoms with van der Waals surface area (Å²) in [6.45, 7) is 0. The van der Waals surface area contributed by atoms with Gasteiger partial charge in [0.2, 0.25) is 0 Å². The van der Waals surface area contributed by atoms with Crippen LogP contribution in [0.5, 0.6) is 5.75 Å². The maximum absolute atomic E-state index is 12.9. The molecule has 1 N–H and O–H groups in total. The molecular formula is C11H10FNO2S. The Hall–Kier alpha value is -1.46. The SMILES string of the molecule is COc1csc(C(O)c2cncc(F)c2)c1. The van der Waals surface area contributed by atoms with Gasteiger partial charge >= 0.3 is 0 Å². The third kappa shape index (κ3) is 2.20. The van der Waals surface area contributed by atoms with Crippen LogP contribution in [0.3, 0.4) is 0 Å². The Balaban J connectivity index is 2.27. The molecule has 0 aliphatic carbocycles. The minimum atomic E-state index is -0.864. The molecular weight excluding hydrogens is 229 g/mol. The molecule has 1 unspecified atom stereocenters. The van der Waals surface area contributed by atoms with Crippen molar-refractivity contribution in [2.24, 2.45) is 0 Å². The highest BCUT2D eigenvalue weighted by atomic mass is 32.1. The van der Waals surface area contributed by atoms with Gasteiger partial charge in [0.15, 0.2) is 0 Å². The van der Waals surface area contributed by atoms with Crippen molar-refractivity contribution in [2.45, 2.75) is 6.10 Å². The number of aliphatic hydroxyl groups is 1. The van der Waals surface area contributed by atoms with Crippen molar-refractivity contribution in [3.05, 3.63) is 46.2 Å². The normalized spacial score (nSPS) is 12.4. The van der Waals surface area contributed by atoms with Gasteiger partial charge in [-0.05, 0) is 12.1 Å². The highest BCUT2D eigenvalue weighted by molar-refractivity contribution is 7.10. The van der Waals surface area contributed by atoms with Crippen LogP contribution in [0.2, 0.25) is 0 Å². The van der Waals surface area contributed by atoms with Crippen LogP contribution < -0.4 is 4.74 Å². The summed E-state index contributed by atoms with van der Waals surface area (Å²) in [7, 11) is 1.56. The van der Waals surface area contributed by atoms with Crippen LogP contribution >= 0.6 is 11.3 Å². The maximum atomic E-state index is 12.9. The number of halogens is 1. The number of nitrogens with zero attached hydrogens (tertiary/aromatic N) is 1. The molecule has 0 saturated carbocycles. The van der Waals surface area contributed by atoms with E-state index in [0.717, 1.165) is 6.20 Å². The monoisotopic (exact) mass is 239 g/mol. The van der Waals surface area contributed by atoms with E-state index in [9.17, 15) is 9.50 Å². The minimum Gasteiger partial charge on any atom is -0.496 e. The van der Waals surface area contributed by atoms with E-state index >= 15 is 0 Å². The second-order valence-electron chi connectivity index (χ2n) is 3.23. The molecule has 0 radical (unpaired) electrons. The smallest absolute Gasteiger partial charge is 0.141 e. The molecule has 0 bridgehead atoms. The Bertz CT molecular complexity index is 486. The standard InChI is InChI=1S/C11H10FNO2S/c1-15-9-3-10(16-6-9)11(14)7-2-8(12)5-13-4-7/h2-6,11,14H,1H3. The van der Waals surface area contributed by atoms with E-state index in [0.29, 0.717) is 16.2 Å². The van der Waals surface area contributed by atoms with Gasteiger partial charge < -0.3 is 9.84 Å². The van der Waals surface area contributed by atoms with E-state index in [1.807, 2.05) is 0 Å². The molecule has 0 fully saturated rings. The van der Waals surface area contributed by atoms with Gasteiger partial charge in [-0.3, -0.25) is 4.98 Å². The predicted molar refractivity (Wildman–Crippen MR) is 59.1 cm³/mol. The fourth-order valence-corrected chi connectivity index (χ4v) is 2.19. The van der Waals surface area contributed by atoms with E-state index in [2.05, 4.69) is 4.98 Å². The first-order chi connectivity index (χ1) is 7.70. The summed E-state index contributed by atoms with van der Waals surface area (Å²) in [6, 6.07) is 2.99. The Morgan fingerprint density at radius 3 is 2.88 bits per heavy atom. The number of thiophene rings is 1. The fraction of sp³-hybridized carbons (Fsp3) is 0.182. The van der Waals surface area contributed by atoms with Gasteiger partial charge in [0.1, 0.15) is 17.7 Å². The number of hydrogen-bond acceptors (Lipinski definition) is 4. The molecule has 2 aromatic heterocycles. The lowest BCUT2D eigenvalue weighted by Gasteiger charge is -2.07. The van der Waals surface area contributed by atoms with E-state index in [1.165, 1.54) is 23.6 Å². The number of pyridine rings is 1. The van der Waals surface area contributed by atoms with E-state index in [4.69, 9.17) is 4.74 Å². The van der Waals surface area contributed by atoms with Crippen LogP contribution in [0.1, 0.15) is 16.5 Å². The number of ether oxygens (including phenoxy) is 1. The predicted octanol–water partition coefficient (Wildman–Crippen LogP) is 2.37. The summed E-state index contributed by atoms with van der Waals surface area (Å²) in [6.07, 6.45) is 1.68. The average Bonchev–Trinajstić information content (AvgIpc) is 2.76. The van der Waals surface area contributed by atoms with Crippen LogP contribution in [0.15, 0.2) is 29.9 Å². The Morgan fingerprint density at radius 2 is 2.25 bits per heavy atom. The molecule has 0 amide bonds. The van der Waals surface area contributed by atoms with E-state index in [-0.39, 0.29) is 0 Å². The highest BCUT2D eigenvalue weighted by Gasteiger charge is 2.14. The summed E-state index contributed by atoms with van der Waals surface area (Å²) in [5, 5.41) is 11.8. The number of aliphatic hydroxyl groups excluding tert-OH is 1. The Labute approximate surface area is 96.2 Å². The molecule has 5 heteroatoms. The van der Waals surface area contributed by atoms with E-state index < -0.39 is 11.9 Å². The van der Waals surface area contributed by atoms with Crippen molar-refractivity contribution < 1.29 is 14.2 Å². The zero-order valence-corrected chi connectivity index (χ0v) is 9.37. The molecule has 3 nitrogen and oxygen atoms in total. The zero-order valence-electron chi connectivity index (χ0n) is 8.55. The zero-order chi connectivity index (χ0) is 11.5. The molecule has 84 valence electrons. The summed E-state index contributed by atoms with van der Waals surface area (Å²) >= 11 is 1.36. The molecule has 0 spiro atoms. The number of methoxy groups -OCH3 is 1. The van der Waals surface area contributed by atoms with Crippen LogP contribution in [-0.2, 0) is 0 Å². The number of hydrogen-bond donors (Lipinski definition) is 1. The van der Waals surface area contributed by atoms with Crippen molar-refractivity contribution in [3.63, 3.8) is 0 Å². The molecule has 16 heavy (non-hydrogen) atoms. The molecule has 0 aliphatic rings. The van der Waals surface area contributed by atoms with Crippen LogP contribution in [0.4, 0.5) is 4.39 Å². The van der Waals surface area contributed by atoms with Gasteiger partial charge in [0.05, 0.1) is 13.3 Å². The van der Waals surface area contributed by atoms with Gasteiger partial charge in [0.25, 0.3) is 0 Å². The molecule has 0 aliphatic heterocycles. The second-order valence-corrected chi connectivity index (χ2v) is 4.17. The first kappa shape index (κ1) is 11.0. The summed E-state index contributed by atoms with van der Waals surface area (Å²) < 4.78 is 17.9. The van der Waals surface area contributed by atoms with E-state index in [1.54, 1.807) is 18.6 Å². The van der Waals surface area contributed by atoms with Crippen molar-refractivity contribution in [1.82, 2.24) is 4.98 Å². The molecule has 1 atom stereocenters. The van der Waals surface area contributed by atoms with Gasteiger partial charge in [-0.15, -0.1) is 11.3 Å². The Morgan fingerprint density at radius 1 is 1.44 bits per heavy atom. The minimum absolute atomic E-state index is 0.435. The Kier molecular flexibility index (Phi) is 3.17. The third-order valence-electron chi connectivity index (χ3n) is 2.14. The molecule has 0 aromatic carbocycles. The topological polar surface area (TPSA) is 42.4 Å². The lowest BCUT2D eigenvalue weighted by atomic mass is 10.1. The van der Waals surface area contributed by atoms with Gasteiger partial charge in [-0.2, -0.15) is 0 Å². The first-order valence-electron chi connectivity index (χ1n) is 4.61. The lowest BCUT2D eigenvalue weighted by molar-refractivity contribution is 0.223. The quantitative estimate of drug-likeness (QED) is 0.894. The van der Waals surface area contributed by atoms with Crippen molar-refractivity contribution in [3.8, 4) is 5.75 Å². The molecule has 2 rings (SSSR count). The summed E-state index contributed by atoms with van der Waals surface area (Å²) in [4.78, 5) is 4.39. The highest BCUT2D eigenvalue weighted by Crippen LogP contribution is 2.30. The molecule has 0 saturated heterocycles. The second kappa shape index (κ2) is 4.59. The van der Waals surface area contributed by atoms with Crippen molar-refractivity contribution >= 4 is 11.3 Å². The van der Waals surface area contributed by atoms with Gasteiger partial charge in [0, 0.05) is 22.0 Å². The third-order valence-corrected chi connectivity index (χ3v) is 3.11. The lowest BCUT2D eigenvalue weighted by Crippen LogP contribution is -1.98. The van der Waals surface area contributed by atoms with Crippen LogP contribution in [0.25, 0.3) is 0 Å². The van der Waals surface area contributed by atoms with Crippen LogP contribution in [0, 0.1) is 5.82 Å². The first-order valence-corrected chi connectivity index (χ1v) is 5.49. The molecule has 2 aromatic rings. The maximum Gasteiger partial charge on any atom is 0.141 e. The van der Waals surface area contributed by atoms with Crippen LogP contribution in [-0.4, -0.2) is 17.2 Å². The number of aromatic nitrogens is 1. The summed E-state index contributed by atoms with van der Waals surface area (Å²) in [5.41, 5.74) is 0.435. The van der Waals surface area contributed by atoms with Crippen molar-refractivity contribution in [1.29, 1.82) is 0 Å². The van der Waals surface area contributed by atoms with Crippen molar-refractivity contribution in [2.75, 3.05) is 7.11 Å². The van der Waals surface area contributed by atoms with Gasteiger partial charge in [-0.25, -0.2) is 4.39 Å². The van der Waals surface area contributed by atoms with Gasteiger partial charge in [-0.1, -0.05) is 0 Å². The average molecular weight is 239 g/mol.